The van der Waals surface area contributed by atoms with Crippen LogP contribution in [0.25, 0.3) is 0 Å². The van der Waals surface area contributed by atoms with Crippen molar-refractivity contribution in [3.8, 4) is 0 Å². The Hall–Kier alpha value is -2.73. The summed E-state index contributed by atoms with van der Waals surface area (Å²) < 4.78 is 13.7. The van der Waals surface area contributed by atoms with E-state index in [0.717, 1.165) is 0 Å². The second-order valence-electron chi connectivity index (χ2n) is 10.2. The van der Waals surface area contributed by atoms with E-state index in [4.69, 9.17) is 0 Å². The number of carbonyl (C=O) groups excluding carboxylic acids is 2. The van der Waals surface area contributed by atoms with Crippen LogP contribution >= 0.6 is 0 Å². The molecule has 5 nitrogen and oxygen atoms in total. The normalized spacial score (nSPS) is 20.7. The molecule has 2 aromatic rings. The van der Waals surface area contributed by atoms with E-state index in [1.807, 2.05) is 33.8 Å². The first-order chi connectivity index (χ1) is 14.8. The molecule has 2 aromatic carbocycles. The van der Waals surface area contributed by atoms with Gasteiger partial charge in [-0.15, -0.1) is 0 Å². The Kier molecular flexibility index (Phi) is 6.47. The quantitative estimate of drug-likeness (QED) is 0.733. The molecule has 1 fully saturated rings. The Morgan fingerprint density at radius 1 is 1.16 bits per heavy atom. The highest BCUT2D eigenvalue weighted by Gasteiger charge is 2.50. The Bertz CT molecular complexity index is 1000. The summed E-state index contributed by atoms with van der Waals surface area (Å²) in [6.07, 6.45) is 0.503. The van der Waals surface area contributed by atoms with Crippen LogP contribution in [0.5, 0.6) is 0 Å². The van der Waals surface area contributed by atoms with Crippen LogP contribution in [0.2, 0.25) is 0 Å². The minimum atomic E-state index is -1.17. The van der Waals surface area contributed by atoms with Crippen molar-refractivity contribution in [2.24, 2.45) is 5.41 Å². The third-order valence-corrected chi connectivity index (χ3v) is 6.52. The number of halogens is 1. The molecule has 1 unspecified atom stereocenters. The smallest absolute Gasteiger partial charge is 0.251 e. The molecule has 1 atom stereocenters. The van der Waals surface area contributed by atoms with Crippen molar-refractivity contribution in [1.82, 2.24) is 10.2 Å². The lowest BCUT2D eigenvalue weighted by atomic mass is 9.66. The molecule has 172 valence electrons. The Morgan fingerprint density at radius 2 is 1.81 bits per heavy atom. The van der Waals surface area contributed by atoms with Gasteiger partial charge in [-0.1, -0.05) is 44.2 Å². The Morgan fingerprint density at radius 3 is 2.41 bits per heavy atom. The van der Waals surface area contributed by atoms with Crippen LogP contribution in [0.3, 0.4) is 0 Å². The van der Waals surface area contributed by atoms with E-state index in [0.29, 0.717) is 36.2 Å². The first-order valence-electron chi connectivity index (χ1n) is 11.0. The highest BCUT2D eigenvalue weighted by molar-refractivity contribution is 5.95. The first-order valence-corrected chi connectivity index (χ1v) is 11.0. The van der Waals surface area contributed by atoms with Gasteiger partial charge in [-0.05, 0) is 56.5 Å². The number of hydrogen-bond donors (Lipinski definition) is 2. The summed E-state index contributed by atoms with van der Waals surface area (Å²) >= 11 is 0. The summed E-state index contributed by atoms with van der Waals surface area (Å²) in [5.74, 6) is -0.597. The lowest BCUT2D eigenvalue weighted by Crippen LogP contribution is -2.58. The third kappa shape index (κ3) is 4.85. The van der Waals surface area contributed by atoms with Gasteiger partial charge in [0.15, 0.2) is 0 Å². The second-order valence-corrected chi connectivity index (χ2v) is 10.2. The van der Waals surface area contributed by atoms with Crippen LogP contribution in [0.15, 0.2) is 48.5 Å². The molecule has 1 aliphatic rings. The lowest BCUT2D eigenvalue weighted by Gasteiger charge is -2.51. The number of carbonyl (C=O) groups is 2. The molecule has 1 saturated heterocycles. The van der Waals surface area contributed by atoms with E-state index < -0.39 is 16.6 Å². The van der Waals surface area contributed by atoms with Gasteiger partial charge in [0.2, 0.25) is 5.91 Å². The molecular weight excluding hydrogens is 407 g/mol. The number of piperidine rings is 1. The van der Waals surface area contributed by atoms with Gasteiger partial charge in [-0.2, -0.15) is 0 Å². The fourth-order valence-electron chi connectivity index (χ4n) is 4.48. The van der Waals surface area contributed by atoms with Gasteiger partial charge in [0.25, 0.3) is 5.91 Å². The molecule has 3 rings (SSSR count). The average Bonchev–Trinajstić information content (AvgIpc) is 2.71. The van der Waals surface area contributed by atoms with Gasteiger partial charge in [0, 0.05) is 36.0 Å². The van der Waals surface area contributed by atoms with Crippen LogP contribution < -0.4 is 5.32 Å². The number of amides is 2. The number of nitrogens with one attached hydrogen (secondary N) is 1. The number of aryl methyl sites for hydroxylation is 1. The molecular formula is C26H33FN2O3. The summed E-state index contributed by atoms with van der Waals surface area (Å²) in [7, 11) is 0. The standard InChI is InChI=1S/C26H33FN2O3/c1-18-15-20(11-12-21(18)27)26(32)13-14-29(17-24(26,2)3)22(30)16-25(4,5)28-23(31)19-9-7-6-8-10-19/h6-12,15,32H,13-14,16-17H2,1-5H3,(H,28,31). The molecule has 2 amide bonds. The predicted molar refractivity (Wildman–Crippen MR) is 123 cm³/mol. The second kappa shape index (κ2) is 8.66. The fraction of sp³-hybridized carbons (Fsp3) is 0.462. The van der Waals surface area contributed by atoms with E-state index >= 15 is 0 Å². The molecule has 1 heterocycles. The van der Waals surface area contributed by atoms with Crippen molar-refractivity contribution in [3.05, 3.63) is 71.0 Å². The molecule has 0 bridgehead atoms. The van der Waals surface area contributed by atoms with Crippen molar-refractivity contribution < 1.29 is 19.1 Å². The summed E-state index contributed by atoms with van der Waals surface area (Å²) in [6, 6.07) is 13.6. The van der Waals surface area contributed by atoms with E-state index in [1.54, 1.807) is 48.2 Å². The largest absolute Gasteiger partial charge is 0.384 e. The van der Waals surface area contributed by atoms with Crippen LogP contribution in [0.1, 0.15) is 62.0 Å². The molecule has 0 spiro atoms. The third-order valence-electron chi connectivity index (χ3n) is 6.52. The number of benzene rings is 2. The average molecular weight is 441 g/mol. The number of rotatable bonds is 5. The van der Waals surface area contributed by atoms with Crippen LogP contribution in [-0.2, 0) is 10.4 Å². The maximum atomic E-state index is 13.7. The summed E-state index contributed by atoms with van der Waals surface area (Å²) in [5.41, 5.74) is -0.824. The summed E-state index contributed by atoms with van der Waals surface area (Å²) in [6.45, 7) is 9.94. The van der Waals surface area contributed by atoms with Gasteiger partial charge < -0.3 is 15.3 Å². The van der Waals surface area contributed by atoms with Crippen LogP contribution in [-0.4, -0.2) is 40.4 Å². The molecule has 0 aromatic heterocycles. The summed E-state index contributed by atoms with van der Waals surface area (Å²) in [4.78, 5) is 27.4. The zero-order chi connectivity index (χ0) is 23.7. The minimum absolute atomic E-state index is 0.0752. The highest BCUT2D eigenvalue weighted by Crippen LogP contribution is 2.46. The molecule has 32 heavy (non-hydrogen) atoms. The number of hydrogen-bond acceptors (Lipinski definition) is 3. The van der Waals surface area contributed by atoms with E-state index in [1.165, 1.54) is 6.07 Å². The molecule has 6 heteroatoms. The zero-order valence-corrected chi connectivity index (χ0v) is 19.5. The summed E-state index contributed by atoms with van der Waals surface area (Å²) in [5, 5.41) is 14.5. The molecule has 0 aliphatic carbocycles. The van der Waals surface area contributed by atoms with Crippen molar-refractivity contribution in [2.75, 3.05) is 13.1 Å². The molecule has 0 saturated carbocycles. The Labute approximate surface area is 189 Å². The monoisotopic (exact) mass is 440 g/mol. The SMILES string of the molecule is Cc1cc(C2(O)CCN(C(=O)CC(C)(C)NC(=O)c3ccccc3)CC2(C)C)ccc1F. The lowest BCUT2D eigenvalue weighted by molar-refractivity contribution is -0.154. The molecule has 1 aliphatic heterocycles. The molecule has 0 radical (unpaired) electrons. The van der Waals surface area contributed by atoms with Gasteiger partial charge in [-0.25, -0.2) is 4.39 Å². The van der Waals surface area contributed by atoms with Gasteiger partial charge in [0.1, 0.15) is 5.82 Å². The Balaban J connectivity index is 1.69. The minimum Gasteiger partial charge on any atom is -0.384 e. The number of aliphatic hydroxyl groups is 1. The van der Waals surface area contributed by atoms with E-state index in [2.05, 4.69) is 5.32 Å². The number of likely N-dealkylation sites (tertiary alicyclic amines) is 1. The maximum Gasteiger partial charge on any atom is 0.251 e. The predicted octanol–water partition coefficient (Wildman–Crippen LogP) is 4.18. The molecule has 2 N–H and O–H groups in total. The highest BCUT2D eigenvalue weighted by atomic mass is 19.1. The van der Waals surface area contributed by atoms with E-state index in [9.17, 15) is 19.1 Å². The van der Waals surface area contributed by atoms with Gasteiger partial charge >= 0.3 is 0 Å². The van der Waals surface area contributed by atoms with Crippen LogP contribution in [0, 0.1) is 18.2 Å². The number of nitrogens with zero attached hydrogens (tertiary/aromatic N) is 1. The van der Waals surface area contributed by atoms with Crippen molar-refractivity contribution in [1.29, 1.82) is 0 Å². The van der Waals surface area contributed by atoms with Gasteiger partial charge in [0.05, 0.1) is 5.60 Å². The fourth-order valence-corrected chi connectivity index (χ4v) is 4.48. The van der Waals surface area contributed by atoms with Gasteiger partial charge in [-0.3, -0.25) is 9.59 Å². The zero-order valence-electron chi connectivity index (χ0n) is 19.5. The van der Waals surface area contributed by atoms with E-state index in [-0.39, 0.29) is 24.1 Å². The topological polar surface area (TPSA) is 69.6 Å². The van der Waals surface area contributed by atoms with Crippen molar-refractivity contribution in [2.45, 2.75) is 58.6 Å². The van der Waals surface area contributed by atoms with Crippen molar-refractivity contribution in [3.63, 3.8) is 0 Å². The van der Waals surface area contributed by atoms with Crippen LogP contribution in [0.4, 0.5) is 4.39 Å². The maximum absolute atomic E-state index is 13.7. The first kappa shape index (κ1) is 23.9. The van der Waals surface area contributed by atoms with Crippen molar-refractivity contribution >= 4 is 11.8 Å².